The molecule has 1 aliphatic heterocycles. The van der Waals surface area contributed by atoms with Crippen LogP contribution in [0.3, 0.4) is 0 Å². The molecule has 10 heteroatoms. The second-order valence-electron chi connectivity index (χ2n) is 5.41. The summed E-state index contributed by atoms with van der Waals surface area (Å²) in [7, 11) is -4.08. The Balaban J connectivity index is 1.73. The number of benzene rings is 2. The molecule has 6 nitrogen and oxygen atoms in total. The third-order valence-corrected chi connectivity index (χ3v) is 5.83. The van der Waals surface area contributed by atoms with Gasteiger partial charge in [-0.3, -0.25) is 19.2 Å². The van der Waals surface area contributed by atoms with Crippen LogP contribution in [0.15, 0.2) is 47.4 Å². The zero-order chi connectivity index (χ0) is 18.9. The van der Waals surface area contributed by atoms with Gasteiger partial charge in [0.2, 0.25) is 5.91 Å². The lowest BCUT2D eigenvalue weighted by Crippen LogP contribution is -2.27. The third-order valence-electron chi connectivity index (χ3n) is 3.59. The van der Waals surface area contributed by atoms with Gasteiger partial charge in [-0.25, -0.2) is 17.2 Å². The van der Waals surface area contributed by atoms with Gasteiger partial charge in [0.1, 0.15) is 0 Å². The molecule has 0 aromatic heterocycles. The standard InChI is InChI=1S/C16H12F2N2O4S2/c17-13-6-5-12(7-14(13)18)26(23,24)19-11-3-1-10(2-4-11)8-20-15(21)9-25-16(20)22/h1-7,19H,8-9H2. The van der Waals surface area contributed by atoms with E-state index >= 15 is 0 Å². The van der Waals surface area contributed by atoms with Crippen molar-refractivity contribution in [2.45, 2.75) is 11.4 Å². The Morgan fingerprint density at radius 3 is 2.31 bits per heavy atom. The lowest BCUT2D eigenvalue weighted by atomic mass is 10.2. The van der Waals surface area contributed by atoms with Gasteiger partial charge in [0, 0.05) is 5.69 Å². The van der Waals surface area contributed by atoms with E-state index in [1.165, 1.54) is 12.1 Å². The number of carbonyl (C=O) groups is 2. The number of hydrogen-bond acceptors (Lipinski definition) is 5. The lowest BCUT2D eigenvalue weighted by molar-refractivity contribution is -0.125. The van der Waals surface area contributed by atoms with E-state index in [-0.39, 0.29) is 29.1 Å². The number of amides is 2. The number of nitrogens with one attached hydrogen (secondary N) is 1. The highest BCUT2D eigenvalue weighted by Gasteiger charge is 2.29. The minimum absolute atomic E-state index is 0.0981. The van der Waals surface area contributed by atoms with Crippen molar-refractivity contribution in [1.29, 1.82) is 0 Å². The van der Waals surface area contributed by atoms with Crippen molar-refractivity contribution in [3.63, 3.8) is 0 Å². The van der Waals surface area contributed by atoms with Gasteiger partial charge >= 0.3 is 0 Å². The van der Waals surface area contributed by atoms with Crippen LogP contribution >= 0.6 is 11.8 Å². The number of imide groups is 1. The van der Waals surface area contributed by atoms with E-state index in [1.807, 2.05) is 0 Å². The Kier molecular flexibility index (Phi) is 4.97. The number of sulfonamides is 1. The average molecular weight is 398 g/mol. The summed E-state index contributed by atoms with van der Waals surface area (Å²) in [4.78, 5) is 23.9. The van der Waals surface area contributed by atoms with Crippen LogP contribution in [0.2, 0.25) is 0 Å². The molecule has 1 heterocycles. The first-order valence-electron chi connectivity index (χ1n) is 7.30. The van der Waals surface area contributed by atoms with E-state index in [9.17, 15) is 26.8 Å². The average Bonchev–Trinajstić information content (AvgIpc) is 2.90. The molecule has 1 N–H and O–H groups in total. The second kappa shape index (κ2) is 7.04. The van der Waals surface area contributed by atoms with Gasteiger partial charge in [-0.1, -0.05) is 23.9 Å². The molecule has 2 aromatic rings. The van der Waals surface area contributed by atoms with E-state index in [4.69, 9.17) is 0 Å². The number of rotatable bonds is 5. The molecular formula is C16H12F2N2O4S2. The molecule has 0 unspecified atom stereocenters. The van der Waals surface area contributed by atoms with Gasteiger partial charge < -0.3 is 0 Å². The number of hydrogen-bond donors (Lipinski definition) is 1. The van der Waals surface area contributed by atoms with E-state index in [1.54, 1.807) is 12.1 Å². The van der Waals surface area contributed by atoms with Crippen LogP contribution in [0.4, 0.5) is 19.3 Å². The van der Waals surface area contributed by atoms with Crippen LogP contribution in [-0.4, -0.2) is 30.2 Å². The highest BCUT2D eigenvalue weighted by Crippen LogP contribution is 2.23. The van der Waals surface area contributed by atoms with E-state index in [0.717, 1.165) is 28.8 Å². The minimum atomic E-state index is -4.08. The van der Waals surface area contributed by atoms with Crippen LogP contribution in [0, 0.1) is 11.6 Å². The van der Waals surface area contributed by atoms with Gasteiger partial charge in [-0.2, -0.15) is 0 Å². The molecule has 26 heavy (non-hydrogen) atoms. The summed E-state index contributed by atoms with van der Waals surface area (Å²) in [5.41, 5.74) is 0.844. The fraction of sp³-hybridized carbons (Fsp3) is 0.125. The molecule has 0 bridgehead atoms. The van der Waals surface area contributed by atoms with Crippen molar-refractivity contribution >= 4 is 38.6 Å². The molecular weight excluding hydrogens is 386 g/mol. The summed E-state index contributed by atoms with van der Waals surface area (Å²) >= 11 is 0.932. The zero-order valence-electron chi connectivity index (χ0n) is 13.1. The molecule has 3 rings (SSSR count). The normalized spacial score (nSPS) is 14.8. The molecule has 2 aromatic carbocycles. The molecule has 136 valence electrons. The van der Waals surface area contributed by atoms with Crippen molar-refractivity contribution in [1.82, 2.24) is 4.90 Å². The fourth-order valence-electron chi connectivity index (χ4n) is 2.25. The van der Waals surface area contributed by atoms with E-state index < -0.39 is 26.6 Å². The molecule has 0 saturated carbocycles. The van der Waals surface area contributed by atoms with Crippen LogP contribution in [-0.2, 0) is 21.4 Å². The predicted octanol–water partition coefficient (Wildman–Crippen LogP) is 2.96. The van der Waals surface area contributed by atoms with Gasteiger partial charge in [-0.05, 0) is 35.9 Å². The Labute approximate surface area is 152 Å². The Morgan fingerprint density at radius 2 is 1.73 bits per heavy atom. The number of carbonyl (C=O) groups excluding carboxylic acids is 2. The minimum Gasteiger partial charge on any atom is -0.280 e. The SMILES string of the molecule is O=C1CSC(=O)N1Cc1ccc(NS(=O)(=O)c2ccc(F)c(F)c2)cc1. The van der Waals surface area contributed by atoms with Crippen molar-refractivity contribution in [3.05, 3.63) is 59.7 Å². The second-order valence-corrected chi connectivity index (χ2v) is 8.02. The van der Waals surface area contributed by atoms with Crippen molar-refractivity contribution in [2.75, 3.05) is 10.5 Å². The van der Waals surface area contributed by atoms with Gasteiger partial charge in [0.05, 0.1) is 17.2 Å². The third kappa shape index (κ3) is 3.86. The molecule has 0 radical (unpaired) electrons. The molecule has 0 spiro atoms. The Bertz CT molecular complexity index is 962. The first-order chi connectivity index (χ1) is 12.3. The van der Waals surface area contributed by atoms with Crippen molar-refractivity contribution in [2.24, 2.45) is 0 Å². The zero-order valence-corrected chi connectivity index (χ0v) is 14.7. The van der Waals surface area contributed by atoms with Crippen LogP contribution < -0.4 is 4.72 Å². The van der Waals surface area contributed by atoms with Crippen LogP contribution in [0.25, 0.3) is 0 Å². The number of halogens is 2. The summed E-state index contributed by atoms with van der Waals surface area (Å²) in [5, 5.41) is -0.321. The maximum absolute atomic E-state index is 13.2. The number of anilines is 1. The molecule has 0 atom stereocenters. The smallest absolute Gasteiger partial charge is 0.280 e. The summed E-state index contributed by atoms with van der Waals surface area (Å²) < 4.78 is 52.8. The predicted molar refractivity (Wildman–Crippen MR) is 92.0 cm³/mol. The van der Waals surface area contributed by atoms with Gasteiger partial charge in [0.15, 0.2) is 11.6 Å². The maximum atomic E-state index is 13.2. The van der Waals surface area contributed by atoms with E-state index in [2.05, 4.69) is 4.72 Å². The topological polar surface area (TPSA) is 83.6 Å². The van der Waals surface area contributed by atoms with Crippen LogP contribution in [0.5, 0.6) is 0 Å². The quantitative estimate of drug-likeness (QED) is 0.837. The van der Waals surface area contributed by atoms with Crippen molar-refractivity contribution in [3.8, 4) is 0 Å². The molecule has 0 aliphatic carbocycles. The molecule has 2 amide bonds. The summed E-state index contributed by atoms with van der Waals surface area (Å²) in [5.74, 6) is -2.56. The molecule has 1 saturated heterocycles. The molecule has 1 aliphatic rings. The first-order valence-corrected chi connectivity index (χ1v) is 9.77. The lowest BCUT2D eigenvalue weighted by Gasteiger charge is -2.13. The summed E-state index contributed by atoms with van der Waals surface area (Å²) in [6.07, 6.45) is 0. The summed E-state index contributed by atoms with van der Waals surface area (Å²) in [6, 6.07) is 8.30. The Morgan fingerprint density at radius 1 is 1.04 bits per heavy atom. The van der Waals surface area contributed by atoms with Crippen molar-refractivity contribution < 1.29 is 26.8 Å². The van der Waals surface area contributed by atoms with Gasteiger partial charge in [-0.15, -0.1) is 0 Å². The Hall–Kier alpha value is -2.46. The van der Waals surface area contributed by atoms with E-state index in [0.29, 0.717) is 11.6 Å². The monoisotopic (exact) mass is 398 g/mol. The number of thioether (sulfide) groups is 1. The number of nitrogens with zero attached hydrogens (tertiary/aromatic N) is 1. The highest BCUT2D eigenvalue weighted by atomic mass is 32.2. The first kappa shape index (κ1) is 18.3. The van der Waals surface area contributed by atoms with Gasteiger partial charge in [0.25, 0.3) is 15.3 Å². The fourth-order valence-corrected chi connectivity index (χ4v) is 4.05. The summed E-state index contributed by atoms with van der Waals surface area (Å²) in [6.45, 7) is 0.0981. The van der Waals surface area contributed by atoms with Crippen LogP contribution in [0.1, 0.15) is 5.56 Å². The molecule has 1 fully saturated rings. The maximum Gasteiger partial charge on any atom is 0.289 e. The highest BCUT2D eigenvalue weighted by molar-refractivity contribution is 8.14. The largest absolute Gasteiger partial charge is 0.289 e.